The highest BCUT2D eigenvalue weighted by atomic mass is 16.5. The summed E-state index contributed by atoms with van der Waals surface area (Å²) in [5.41, 5.74) is 0. The number of hydrogen-bond donors (Lipinski definition) is 7. The van der Waals surface area contributed by atoms with E-state index in [4.69, 9.17) is 9.84 Å². The molecule has 1 saturated heterocycles. The van der Waals surface area contributed by atoms with Gasteiger partial charge in [-0.1, -0.05) is 0 Å². The third kappa shape index (κ3) is 3.76. The molecule has 0 radical (unpaired) electrons. The first kappa shape index (κ1) is 18.4. The van der Waals surface area contributed by atoms with Gasteiger partial charge in [-0.15, -0.1) is 0 Å². The minimum Gasteiger partial charge on any atom is -0.391 e. The molecule has 0 aromatic carbocycles. The fraction of sp³-hybridized carbons (Fsp3) is 0.917. The molecule has 0 saturated carbocycles. The Morgan fingerprint density at radius 3 is 1.95 bits per heavy atom. The Morgan fingerprint density at radius 2 is 1.48 bits per heavy atom. The van der Waals surface area contributed by atoms with E-state index in [0.29, 0.717) is 0 Å². The highest BCUT2D eigenvalue weighted by Crippen LogP contribution is 2.23. The standard InChI is InChI=1S/C12H22O9/c1-3(13)5(14)7(16)9(18)11(20)12-10(19)8(17)6(15)4(2)21-12/h3-10,12-19H,1-2H3/t3-,4-,5-,6-,7+,8+,9+,10+,12?/m0/s1. The average Bonchev–Trinajstić information content (AvgIpc) is 2.45. The van der Waals surface area contributed by atoms with Crippen molar-refractivity contribution in [2.24, 2.45) is 0 Å². The maximum Gasteiger partial charge on any atom is 0.195 e. The largest absolute Gasteiger partial charge is 0.391 e. The van der Waals surface area contributed by atoms with Crippen LogP contribution >= 0.6 is 0 Å². The molecule has 1 heterocycles. The summed E-state index contributed by atoms with van der Waals surface area (Å²) in [5.74, 6) is -1.17. The van der Waals surface area contributed by atoms with Gasteiger partial charge in [0.1, 0.15) is 42.7 Å². The quantitative estimate of drug-likeness (QED) is 0.267. The first-order chi connectivity index (χ1) is 9.59. The lowest BCUT2D eigenvalue weighted by molar-refractivity contribution is -0.221. The molecule has 1 rings (SSSR count). The number of aliphatic hydroxyl groups excluding tert-OH is 7. The normalized spacial score (nSPS) is 39.4. The summed E-state index contributed by atoms with van der Waals surface area (Å²) in [4.78, 5) is 12.0. The summed E-state index contributed by atoms with van der Waals surface area (Å²) < 4.78 is 5.03. The van der Waals surface area contributed by atoms with Gasteiger partial charge in [-0.25, -0.2) is 0 Å². The molecule has 9 atom stereocenters. The molecule has 124 valence electrons. The number of carbonyl (C=O) groups excluding carboxylic acids is 1. The fourth-order valence-corrected chi connectivity index (χ4v) is 2.10. The molecule has 7 N–H and O–H groups in total. The first-order valence-corrected chi connectivity index (χ1v) is 6.55. The molecule has 0 bridgehead atoms. The van der Waals surface area contributed by atoms with Gasteiger partial charge >= 0.3 is 0 Å². The van der Waals surface area contributed by atoms with E-state index < -0.39 is 60.7 Å². The molecule has 0 spiro atoms. The molecule has 0 amide bonds. The molecule has 0 aromatic rings. The van der Waals surface area contributed by atoms with Crippen molar-refractivity contribution in [3.63, 3.8) is 0 Å². The van der Waals surface area contributed by atoms with Crippen LogP contribution in [0.5, 0.6) is 0 Å². The molecule has 9 nitrogen and oxygen atoms in total. The van der Waals surface area contributed by atoms with Gasteiger partial charge in [-0.05, 0) is 13.8 Å². The lowest BCUT2D eigenvalue weighted by Crippen LogP contribution is -2.62. The number of rotatable bonds is 5. The molecule has 0 aromatic heterocycles. The fourth-order valence-electron chi connectivity index (χ4n) is 2.10. The first-order valence-electron chi connectivity index (χ1n) is 6.55. The SMILES string of the molecule is C[C@H](O)[C@H](O)[C@@H](O)[C@@H](O)C(=O)C1O[C@@H](C)[C@H](O)[C@@H](O)[C@H]1O. The average molecular weight is 310 g/mol. The Balaban J connectivity index is 2.82. The van der Waals surface area contributed by atoms with E-state index in [-0.39, 0.29) is 0 Å². The topological polar surface area (TPSA) is 168 Å². The highest BCUT2D eigenvalue weighted by Gasteiger charge is 2.48. The van der Waals surface area contributed by atoms with Gasteiger partial charge in [0.2, 0.25) is 0 Å². The van der Waals surface area contributed by atoms with E-state index >= 15 is 0 Å². The second-order valence-corrected chi connectivity index (χ2v) is 5.30. The van der Waals surface area contributed by atoms with Crippen LogP contribution in [0.1, 0.15) is 13.8 Å². The van der Waals surface area contributed by atoms with Crippen LogP contribution in [0, 0.1) is 0 Å². The molecular weight excluding hydrogens is 288 g/mol. The molecule has 1 aliphatic rings. The number of Topliss-reactive ketones (excluding diaryl/α,β-unsaturated/α-hetero) is 1. The van der Waals surface area contributed by atoms with Crippen LogP contribution < -0.4 is 0 Å². The van der Waals surface area contributed by atoms with Crippen LogP contribution in [0.3, 0.4) is 0 Å². The zero-order valence-corrected chi connectivity index (χ0v) is 11.6. The van der Waals surface area contributed by atoms with Crippen LogP contribution in [0.15, 0.2) is 0 Å². The molecule has 1 unspecified atom stereocenters. The van der Waals surface area contributed by atoms with Gasteiger partial charge in [-0.3, -0.25) is 4.79 Å². The van der Waals surface area contributed by atoms with Crippen LogP contribution in [0.2, 0.25) is 0 Å². The summed E-state index contributed by atoms with van der Waals surface area (Å²) in [6.45, 7) is 2.51. The summed E-state index contributed by atoms with van der Waals surface area (Å²) in [5, 5.41) is 66.6. The Kier molecular flexibility index (Phi) is 6.20. The van der Waals surface area contributed by atoms with Gasteiger partial charge in [-0.2, -0.15) is 0 Å². The van der Waals surface area contributed by atoms with Crippen molar-refractivity contribution in [1.82, 2.24) is 0 Å². The van der Waals surface area contributed by atoms with E-state index in [1.165, 1.54) is 6.92 Å². The van der Waals surface area contributed by atoms with E-state index in [9.17, 15) is 35.4 Å². The second kappa shape index (κ2) is 7.07. The van der Waals surface area contributed by atoms with Crippen molar-refractivity contribution >= 4 is 5.78 Å². The number of hydrogen-bond acceptors (Lipinski definition) is 9. The monoisotopic (exact) mass is 310 g/mol. The Morgan fingerprint density at radius 1 is 0.952 bits per heavy atom. The van der Waals surface area contributed by atoms with E-state index in [0.717, 1.165) is 6.92 Å². The number of aliphatic hydroxyl groups is 7. The highest BCUT2D eigenvalue weighted by molar-refractivity contribution is 5.88. The Hall–Kier alpha value is -0.650. The molecule has 9 heteroatoms. The van der Waals surface area contributed by atoms with E-state index in [1.54, 1.807) is 0 Å². The maximum absolute atomic E-state index is 12.0. The van der Waals surface area contributed by atoms with Crippen LogP contribution in [0.25, 0.3) is 0 Å². The van der Waals surface area contributed by atoms with Gasteiger partial charge in [0, 0.05) is 0 Å². The predicted octanol–water partition coefficient (Wildman–Crippen LogP) is -4.11. The predicted molar refractivity (Wildman–Crippen MR) is 67.1 cm³/mol. The van der Waals surface area contributed by atoms with Gasteiger partial charge < -0.3 is 40.5 Å². The Bertz CT molecular complexity index is 361. The lowest BCUT2D eigenvalue weighted by Gasteiger charge is -2.39. The van der Waals surface area contributed by atoms with E-state index in [1.807, 2.05) is 0 Å². The van der Waals surface area contributed by atoms with Crippen molar-refractivity contribution in [2.75, 3.05) is 0 Å². The third-order valence-electron chi connectivity index (χ3n) is 3.59. The number of ketones is 1. The van der Waals surface area contributed by atoms with Gasteiger partial charge in [0.05, 0.1) is 12.2 Å². The number of ether oxygens (including phenoxy) is 1. The van der Waals surface area contributed by atoms with Crippen molar-refractivity contribution in [2.45, 2.75) is 68.8 Å². The van der Waals surface area contributed by atoms with Crippen molar-refractivity contribution in [1.29, 1.82) is 0 Å². The minimum absolute atomic E-state index is 0.983. The third-order valence-corrected chi connectivity index (χ3v) is 3.59. The second-order valence-electron chi connectivity index (χ2n) is 5.30. The van der Waals surface area contributed by atoms with Gasteiger partial charge in [0.25, 0.3) is 0 Å². The van der Waals surface area contributed by atoms with Crippen molar-refractivity contribution < 1.29 is 45.3 Å². The lowest BCUT2D eigenvalue weighted by atomic mass is 9.89. The number of carbonyl (C=O) groups is 1. The Labute approximate surface area is 121 Å². The maximum atomic E-state index is 12.0. The van der Waals surface area contributed by atoms with Crippen LogP contribution in [0.4, 0.5) is 0 Å². The molecule has 1 fully saturated rings. The molecule has 1 aliphatic heterocycles. The van der Waals surface area contributed by atoms with Crippen LogP contribution in [-0.4, -0.2) is 96.5 Å². The molecular formula is C12H22O9. The van der Waals surface area contributed by atoms with Crippen LogP contribution in [-0.2, 0) is 9.53 Å². The molecule has 0 aliphatic carbocycles. The summed E-state index contributed by atoms with van der Waals surface area (Å²) in [6, 6.07) is 0. The summed E-state index contributed by atoms with van der Waals surface area (Å²) in [6.07, 6.45) is -14.8. The smallest absolute Gasteiger partial charge is 0.195 e. The van der Waals surface area contributed by atoms with Crippen molar-refractivity contribution in [3.8, 4) is 0 Å². The zero-order chi connectivity index (χ0) is 16.5. The molecule has 21 heavy (non-hydrogen) atoms. The minimum atomic E-state index is -2.14. The zero-order valence-electron chi connectivity index (χ0n) is 11.6. The summed E-state index contributed by atoms with van der Waals surface area (Å²) >= 11 is 0. The van der Waals surface area contributed by atoms with Crippen molar-refractivity contribution in [3.05, 3.63) is 0 Å². The van der Waals surface area contributed by atoms with E-state index in [2.05, 4.69) is 0 Å². The van der Waals surface area contributed by atoms with Gasteiger partial charge in [0.15, 0.2) is 5.78 Å². The summed E-state index contributed by atoms with van der Waals surface area (Å²) in [7, 11) is 0.